The smallest absolute Gasteiger partial charge is 0.198 e. The first kappa shape index (κ1) is 14.6. The fraction of sp³-hybridized carbons (Fsp3) is 0.600. The summed E-state index contributed by atoms with van der Waals surface area (Å²) in [6.45, 7) is 2.04. The molecule has 0 amide bonds. The molecule has 106 valence electrons. The third-order valence-corrected chi connectivity index (χ3v) is 5.85. The molecule has 0 radical (unpaired) electrons. The largest absolute Gasteiger partial charge is 0.489 e. The first-order chi connectivity index (χ1) is 9.19. The molecule has 2 rings (SSSR count). The van der Waals surface area contributed by atoms with Crippen molar-refractivity contribution >= 4 is 8.03 Å². The van der Waals surface area contributed by atoms with Gasteiger partial charge >= 0.3 is 0 Å². The van der Waals surface area contributed by atoms with Crippen molar-refractivity contribution in [2.75, 3.05) is 0 Å². The Morgan fingerprint density at radius 3 is 2.42 bits per heavy atom. The van der Waals surface area contributed by atoms with Gasteiger partial charge in [-0.25, -0.2) is 0 Å². The standard InChI is InChI=1S/C15H23O3P/c1-2-14(18-13-9-5-3-6-10-13)15(19(16)17)11-7-4-8-12-15/h3,5-6,9-10,14,19H,2,4,7-8,11-12H2,1H3,(H,16,17). The van der Waals surface area contributed by atoms with E-state index in [0.29, 0.717) is 0 Å². The molecule has 2 atom stereocenters. The van der Waals surface area contributed by atoms with E-state index in [1.165, 1.54) is 6.42 Å². The highest BCUT2D eigenvalue weighted by molar-refractivity contribution is 7.40. The van der Waals surface area contributed by atoms with E-state index in [1.54, 1.807) is 0 Å². The molecule has 0 aliphatic heterocycles. The first-order valence-electron chi connectivity index (χ1n) is 7.14. The van der Waals surface area contributed by atoms with Gasteiger partial charge in [0, 0.05) is 0 Å². The van der Waals surface area contributed by atoms with Crippen LogP contribution in [0.5, 0.6) is 5.75 Å². The average molecular weight is 282 g/mol. The van der Waals surface area contributed by atoms with Crippen LogP contribution in [0.1, 0.15) is 45.4 Å². The Morgan fingerprint density at radius 1 is 1.26 bits per heavy atom. The molecular formula is C15H23O3P. The third-order valence-electron chi connectivity index (χ3n) is 4.18. The van der Waals surface area contributed by atoms with E-state index >= 15 is 0 Å². The summed E-state index contributed by atoms with van der Waals surface area (Å²) >= 11 is 0. The highest BCUT2D eigenvalue weighted by atomic mass is 31.1. The maximum Gasteiger partial charge on any atom is 0.198 e. The van der Waals surface area contributed by atoms with Crippen molar-refractivity contribution in [3.63, 3.8) is 0 Å². The molecule has 0 aromatic heterocycles. The van der Waals surface area contributed by atoms with Crippen LogP contribution in [0, 0.1) is 0 Å². The Labute approximate surface area is 115 Å². The van der Waals surface area contributed by atoms with Gasteiger partial charge in [-0.2, -0.15) is 0 Å². The molecule has 2 unspecified atom stereocenters. The van der Waals surface area contributed by atoms with Crippen molar-refractivity contribution in [1.29, 1.82) is 0 Å². The van der Waals surface area contributed by atoms with E-state index in [1.807, 2.05) is 37.3 Å². The summed E-state index contributed by atoms with van der Waals surface area (Å²) in [5, 5.41) is -0.520. The molecule has 0 heterocycles. The van der Waals surface area contributed by atoms with Crippen molar-refractivity contribution in [2.24, 2.45) is 0 Å². The predicted octanol–water partition coefficient (Wildman–Crippen LogP) is 4.01. The predicted molar refractivity (Wildman–Crippen MR) is 78.2 cm³/mol. The molecule has 3 nitrogen and oxygen atoms in total. The minimum atomic E-state index is -2.60. The molecule has 0 spiro atoms. The zero-order chi connectivity index (χ0) is 13.7. The zero-order valence-corrected chi connectivity index (χ0v) is 12.5. The molecular weight excluding hydrogens is 259 g/mol. The molecule has 1 saturated carbocycles. The zero-order valence-electron chi connectivity index (χ0n) is 11.5. The highest BCUT2D eigenvalue weighted by Crippen LogP contribution is 2.50. The van der Waals surface area contributed by atoms with Gasteiger partial charge in [0.1, 0.15) is 11.9 Å². The molecule has 1 aromatic carbocycles. The van der Waals surface area contributed by atoms with E-state index in [0.717, 1.165) is 37.9 Å². The Bertz CT molecular complexity index is 413. The fourth-order valence-corrected chi connectivity index (χ4v) is 4.43. The van der Waals surface area contributed by atoms with Gasteiger partial charge in [-0.15, -0.1) is 0 Å². The van der Waals surface area contributed by atoms with Crippen LogP contribution in [0.2, 0.25) is 0 Å². The van der Waals surface area contributed by atoms with Crippen molar-refractivity contribution in [3.05, 3.63) is 30.3 Å². The van der Waals surface area contributed by atoms with E-state index in [9.17, 15) is 9.46 Å². The van der Waals surface area contributed by atoms with Crippen molar-refractivity contribution in [3.8, 4) is 5.75 Å². The summed E-state index contributed by atoms with van der Waals surface area (Å²) in [4.78, 5) is 9.87. The maximum atomic E-state index is 12.0. The van der Waals surface area contributed by atoms with Crippen LogP contribution in [0.25, 0.3) is 0 Å². The average Bonchev–Trinajstić information content (AvgIpc) is 2.46. The summed E-state index contributed by atoms with van der Waals surface area (Å²) in [5.74, 6) is 0.794. The van der Waals surface area contributed by atoms with Crippen molar-refractivity contribution < 1.29 is 14.2 Å². The Morgan fingerprint density at radius 2 is 1.89 bits per heavy atom. The molecule has 4 heteroatoms. The summed E-state index contributed by atoms with van der Waals surface area (Å²) in [5.41, 5.74) is 0. The Kier molecular flexibility index (Phi) is 5.06. The highest BCUT2D eigenvalue weighted by Gasteiger charge is 2.45. The lowest BCUT2D eigenvalue weighted by Gasteiger charge is -2.40. The molecule has 19 heavy (non-hydrogen) atoms. The Balaban J connectivity index is 2.20. The summed E-state index contributed by atoms with van der Waals surface area (Å²) < 4.78 is 18.0. The molecule has 1 aliphatic carbocycles. The van der Waals surface area contributed by atoms with Gasteiger partial charge in [0.2, 0.25) is 0 Å². The van der Waals surface area contributed by atoms with Gasteiger partial charge in [-0.05, 0) is 31.4 Å². The number of hydrogen-bond acceptors (Lipinski definition) is 2. The molecule has 1 N–H and O–H groups in total. The van der Waals surface area contributed by atoms with Gasteiger partial charge in [0.15, 0.2) is 8.03 Å². The number of para-hydroxylation sites is 1. The van der Waals surface area contributed by atoms with Gasteiger partial charge in [0.05, 0.1) is 5.16 Å². The van der Waals surface area contributed by atoms with Crippen LogP contribution in [-0.2, 0) is 4.57 Å². The van der Waals surface area contributed by atoms with Crippen molar-refractivity contribution in [1.82, 2.24) is 0 Å². The lowest BCUT2D eigenvalue weighted by Crippen LogP contribution is -2.44. The van der Waals surface area contributed by atoms with Crippen LogP contribution < -0.4 is 4.74 Å². The van der Waals surface area contributed by atoms with Crippen LogP contribution in [0.15, 0.2) is 30.3 Å². The molecule has 0 saturated heterocycles. The van der Waals surface area contributed by atoms with E-state index < -0.39 is 13.2 Å². The minimum Gasteiger partial charge on any atom is -0.489 e. The van der Waals surface area contributed by atoms with Crippen LogP contribution in [-0.4, -0.2) is 16.2 Å². The Hall–Kier alpha value is -0.790. The SMILES string of the molecule is CCC(Oc1ccccc1)C1([PH](=O)O)CCCCC1. The second-order valence-corrected chi connectivity index (χ2v) is 6.96. The monoisotopic (exact) mass is 282 g/mol. The number of rotatable bonds is 5. The van der Waals surface area contributed by atoms with Crippen molar-refractivity contribution in [2.45, 2.75) is 56.7 Å². The summed E-state index contributed by atoms with van der Waals surface area (Å²) in [7, 11) is -2.60. The molecule has 1 aromatic rings. The quantitative estimate of drug-likeness (QED) is 0.830. The first-order valence-corrected chi connectivity index (χ1v) is 8.49. The summed E-state index contributed by atoms with van der Waals surface area (Å²) in [6, 6.07) is 9.62. The number of ether oxygens (including phenoxy) is 1. The number of hydrogen-bond donors (Lipinski definition) is 1. The normalized spacial score (nSPS) is 21.6. The van der Waals surface area contributed by atoms with Crippen LogP contribution in [0.4, 0.5) is 0 Å². The van der Waals surface area contributed by atoms with Crippen LogP contribution in [0.3, 0.4) is 0 Å². The lowest BCUT2D eigenvalue weighted by molar-refractivity contribution is 0.115. The minimum absolute atomic E-state index is 0.161. The second kappa shape index (κ2) is 6.58. The van der Waals surface area contributed by atoms with E-state index in [4.69, 9.17) is 4.74 Å². The molecule has 1 aliphatic rings. The van der Waals surface area contributed by atoms with Gasteiger partial charge in [-0.1, -0.05) is 44.4 Å². The molecule has 0 bridgehead atoms. The van der Waals surface area contributed by atoms with E-state index in [-0.39, 0.29) is 6.10 Å². The summed E-state index contributed by atoms with van der Waals surface area (Å²) in [6.07, 6.45) is 5.47. The number of benzene rings is 1. The third kappa shape index (κ3) is 3.21. The second-order valence-electron chi connectivity index (χ2n) is 5.35. The topological polar surface area (TPSA) is 46.5 Å². The lowest BCUT2D eigenvalue weighted by atomic mass is 9.83. The van der Waals surface area contributed by atoms with Gasteiger partial charge in [0.25, 0.3) is 0 Å². The van der Waals surface area contributed by atoms with Gasteiger partial charge < -0.3 is 9.63 Å². The molecule has 1 fully saturated rings. The van der Waals surface area contributed by atoms with Crippen LogP contribution >= 0.6 is 8.03 Å². The van der Waals surface area contributed by atoms with Gasteiger partial charge in [-0.3, -0.25) is 4.57 Å². The maximum absolute atomic E-state index is 12.0. The fourth-order valence-electron chi connectivity index (χ4n) is 3.11. The van der Waals surface area contributed by atoms with E-state index in [2.05, 4.69) is 0 Å².